The summed E-state index contributed by atoms with van der Waals surface area (Å²) in [4.78, 5) is 5.14. The lowest BCUT2D eigenvalue weighted by molar-refractivity contribution is 0.590. The van der Waals surface area contributed by atoms with Gasteiger partial charge in [-0.25, -0.2) is 0 Å². The Kier molecular flexibility index (Phi) is 7.41. The van der Waals surface area contributed by atoms with Gasteiger partial charge in [0.15, 0.2) is 0 Å². The molecule has 0 spiro atoms. The van der Waals surface area contributed by atoms with Gasteiger partial charge >= 0.3 is 6.85 Å². The summed E-state index contributed by atoms with van der Waals surface area (Å²) in [5.74, 6) is 0. The van der Waals surface area contributed by atoms with Crippen LogP contribution in [0.5, 0.6) is 0 Å². The van der Waals surface area contributed by atoms with Crippen molar-refractivity contribution in [3.05, 3.63) is 150 Å². The minimum atomic E-state index is -0.188. The fraction of sp³-hybridized carbons (Fsp3) is 0.222. The van der Waals surface area contributed by atoms with Crippen LogP contribution in [-0.4, -0.2) is 6.85 Å². The van der Waals surface area contributed by atoms with Crippen LogP contribution < -0.4 is 20.6 Å². The number of hydrogen-bond acceptors (Lipinski definition) is 4. The van der Waals surface area contributed by atoms with Crippen molar-refractivity contribution in [2.75, 3.05) is 9.71 Å². The third-order valence-corrected chi connectivity index (χ3v) is 12.9. The lowest BCUT2D eigenvalue weighted by Crippen LogP contribution is -2.61. The molecule has 2 aromatic heterocycles. The first-order valence-corrected chi connectivity index (χ1v) is 21.0. The summed E-state index contributed by atoms with van der Waals surface area (Å²) in [6.07, 6.45) is 0. The molecule has 0 radical (unpaired) electrons. The molecule has 0 N–H and O–H groups in total. The van der Waals surface area contributed by atoms with Gasteiger partial charge in [0.1, 0.15) is 22.3 Å². The van der Waals surface area contributed by atoms with Crippen molar-refractivity contribution in [2.24, 2.45) is 0 Å². The van der Waals surface area contributed by atoms with E-state index in [0.29, 0.717) is 0 Å². The smallest absolute Gasteiger partial charge is 0.333 e. The van der Waals surface area contributed by atoms with Gasteiger partial charge in [0, 0.05) is 55.7 Å². The maximum absolute atomic E-state index is 7.05. The molecule has 0 aliphatic carbocycles. The topological polar surface area (TPSA) is 32.8 Å². The van der Waals surface area contributed by atoms with Crippen molar-refractivity contribution in [1.29, 1.82) is 0 Å². The number of hydrogen-bond donors (Lipinski definition) is 0. The molecule has 11 rings (SSSR count). The highest BCUT2D eigenvalue weighted by Gasteiger charge is 2.48. The van der Waals surface area contributed by atoms with E-state index in [9.17, 15) is 0 Å². The van der Waals surface area contributed by atoms with Crippen molar-refractivity contribution >= 4 is 90.1 Å². The van der Waals surface area contributed by atoms with Crippen LogP contribution in [0.1, 0.15) is 79.0 Å². The van der Waals surface area contributed by atoms with E-state index in [1.54, 1.807) is 0 Å². The lowest BCUT2D eigenvalue weighted by Gasteiger charge is -2.46. The van der Waals surface area contributed by atoms with Gasteiger partial charge in [-0.05, 0) is 105 Å². The molecule has 0 fully saturated rings. The van der Waals surface area contributed by atoms with E-state index < -0.39 is 0 Å². The number of furan rings is 2. The molecule has 2 aliphatic heterocycles. The highest BCUT2D eigenvalue weighted by atomic mass is 16.3. The van der Waals surface area contributed by atoms with Gasteiger partial charge in [-0.15, -0.1) is 0 Å². The Morgan fingerprint density at radius 1 is 0.475 bits per heavy atom. The Morgan fingerprint density at radius 2 is 1.05 bits per heavy atom. The highest BCUT2D eigenvalue weighted by molar-refractivity contribution is 6.94. The lowest BCUT2D eigenvalue weighted by atomic mass is 9.43. The van der Waals surface area contributed by atoms with E-state index >= 15 is 0 Å². The second-order valence-electron chi connectivity index (χ2n) is 19.8. The standard InChI is InChI=1S/C54H49BN2O2/c1-52(2,3)32-18-23-35(24-19-32)56-42-28-22-34(54(7,8)9)30-41(42)55-49-43(56)31-40-37-14-10-12-16-44(37)59-51(40)48(49)39-27-29-46-47(38-15-11-13-17-45(38)58-46)50(39)57(55)36-25-20-33(21-26-36)53(4,5)6/h10-31H,1-9H3. The van der Waals surface area contributed by atoms with Crippen LogP contribution in [-0.2, 0) is 16.2 Å². The van der Waals surface area contributed by atoms with Gasteiger partial charge in [0.05, 0.1) is 5.39 Å². The van der Waals surface area contributed by atoms with Gasteiger partial charge in [-0.2, -0.15) is 0 Å². The van der Waals surface area contributed by atoms with Crippen LogP contribution >= 0.6 is 0 Å². The van der Waals surface area contributed by atoms with E-state index in [1.165, 1.54) is 39.0 Å². The molecule has 0 saturated carbocycles. The van der Waals surface area contributed by atoms with Crippen LogP contribution in [0.4, 0.5) is 28.4 Å². The molecule has 0 atom stereocenters. The second-order valence-corrected chi connectivity index (χ2v) is 19.8. The molecular weight excluding hydrogens is 719 g/mol. The van der Waals surface area contributed by atoms with E-state index in [1.807, 2.05) is 0 Å². The quantitative estimate of drug-likeness (QED) is 0.164. The summed E-state index contributed by atoms with van der Waals surface area (Å²) in [6.45, 7) is 20.5. The maximum atomic E-state index is 7.05. The van der Waals surface area contributed by atoms with Crippen molar-refractivity contribution in [3.63, 3.8) is 0 Å². The number of benzene rings is 7. The summed E-state index contributed by atoms with van der Waals surface area (Å²) in [7, 11) is 0. The first kappa shape index (κ1) is 35.9. The molecule has 59 heavy (non-hydrogen) atoms. The highest BCUT2D eigenvalue weighted by Crippen LogP contribution is 2.54. The Labute approximate surface area is 347 Å². The molecule has 0 bridgehead atoms. The molecule has 4 heterocycles. The van der Waals surface area contributed by atoms with Gasteiger partial charge in [0.25, 0.3) is 0 Å². The minimum absolute atomic E-state index is 0.0150. The second kappa shape index (κ2) is 12.2. The van der Waals surface area contributed by atoms with E-state index in [2.05, 4.69) is 205 Å². The first-order valence-electron chi connectivity index (χ1n) is 21.0. The summed E-state index contributed by atoms with van der Waals surface area (Å²) >= 11 is 0. The predicted octanol–water partition coefficient (Wildman–Crippen LogP) is 14.1. The van der Waals surface area contributed by atoms with Crippen molar-refractivity contribution in [2.45, 2.75) is 78.6 Å². The Bertz CT molecular complexity index is 3170. The van der Waals surface area contributed by atoms with Gasteiger partial charge in [-0.1, -0.05) is 135 Å². The van der Waals surface area contributed by atoms with E-state index in [-0.39, 0.29) is 23.1 Å². The zero-order valence-electron chi connectivity index (χ0n) is 35.5. The molecule has 5 heteroatoms. The van der Waals surface area contributed by atoms with Crippen molar-refractivity contribution in [3.8, 4) is 11.1 Å². The largest absolute Gasteiger partial charge is 0.456 e. The zero-order valence-corrected chi connectivity index (χ0v) is 35.5. The Morgan fingerprint density at radius 3 is 1.69 bits per heavy atom. The first-order chi connectivity index (χ1) is 28.2. The molecule has 0 amide bonds. The van der Waals surface area contributed by atoms with Gasteiger partial charge < -0.3 is 18.5 Å². The molecule has 2 aliphatic rings. The predicted molar refractivity (Wildman–Crippen MR) is 251 cm³/mol. The summed E-state index contributed by atoms with van der Waals surface area (Å²) in [5.41, 5.74) is 18.0. The summed E-state index contributed by atoms with van der Waals surface area (Å²) in [5, 5.41) is 4.46. The molecule has 0 unspecified atom stereocenters. The zero-order chi connectivity index (χ0) is 40.7. The minimum Gasteiger partial charge on any atom is -0.456 e. The molecule has 0 saturated heterocycles. The number of fused-ring (bicyclic) bond motifs is 12. The van der Waals surface area contributed by atoms with Crippen molar-refractivity contribution in [1.82, 2.24) is 0 Å². The van der Waals surface area contributed by atoms with E-state index in [4.69, 9.17) is 8.83 Å². The van der Waals surface area contributed by atoms with Crippen LogP contribution in [0.25, 0.3) is 55.0 Å². The SMILES string of the molecule is CC(C)(C)c1ccc(N2B3c4cc(C(C)(C)C)ccc4N(c4ccc(C(C)(C)C)cc4)c4cc5c(oc6ccccc65)c(c43)-c3ccc4oc5ccccc5c4c32)cc1. The normalized spacial score (nSPS) is 14.1. The number of nitrogens with zero attached hydrogens (tertiary/aromatic N) is 2. The third-order valence-electron chi connectivity index (χ3n) is 12.9. The number of anilines is 5. The number of para-hydroxylation sites is 2. The average Bonchev–Trinajstić information content (AvgIpc) is 3.78. The van der Waals surface area contributed by atoms with Crippen LogP contribution in [0, 0.1) is 0 Å². The summed E-state index contributed by atoms with van der Waals surface area (Å²) < 4.78 is 13.7. The molecule has 290 valence electrons. The maximum Gasteiger partial charge on any atom is 0.333 e. The fourth-order valence-electron chi connectivity index (χ4n) is 9.75. The third kappa shape index (κ3) is 5.29. The molecule has 9 aromatic rings. The van der Waals surface area contributed by atoms with Crippen molar-refractivity contribution < 1.29 is 8.83 Å². The van der Waals surface area contributed by atoms with Crippen LogP contribution in [0.3, 0.4) is 0 Å². The number of rotatable bonds is 2. The Balaban J connectivity index is 1.33. The molecule has 7 aromatic carbocycles. The van der Waals surface area contributed by atoms with Gasteiger partial charge in [0.2, 0.25) is 0 Å². The van der Waals surface area contributed by atoms with Crippen LogP contribution in [0.15, 0.2) is 142 Å². The van der Waals surface area contributed by atoms with Gasteiger partial charge in [-0.3, -0.25) is 0 Å². The summed E-state index contributed by atoms with van der Waals surface area (Å²) in [6, 6.07) is 49.6. The van der Waals surface area contributed by atoms with E-state index in [0.717, 1.165) is 72.1 Å². The molecule has 4 nitrogen and oxygen atoms in total. The fourth-order valence-corrected chi connectivity index (χ4v) is 9.75. The molecular formula is C54H49BN2O2. The monoisotopic (exact) mass is 768 g/mol. The van der Waals surface area contributed by atoms with Crippen LogP contribution in [0.2, 0.25) is 0 Å². The Hall–Kier alpha value is -6.20. The average molecular weight is 769 g/mol.